The third kappa shape index (κ3) is 2.97. The van der Waals surface area contributed by atoms with Crippen LogP contribution in [-0.2, 0) is 6.42 Å². The minimum atomic E-state index is 0.940. The molecule has 1 heterocycles. The Morgan fingerprint density at radius 3 is 2.55 bits per heavy atom. The van der Waals surface area contributed by atoms with Crippen LogP contribution in [0, 0.1) is 0 Å². The topological polar surface area (TPSA) is 24.9 Å². The molecular formula is C18H18N2. The molecular weight excluding hydrogens is 244 g/mol. The van der Waals surface area contributed by atoms with Crippen LogP contribution in [0.2, 0.25) is 0 Å². The predicted molar refractivity (Wildman–Crippen MR) is 85.0 cm³/mol. The van der Waals surface area contributed by atoms with Crippen molar-refractivity contribution in [1.29, 1.82) is 0 Å². The van der Waals surface area contributed by atoms with Crippen LogP contribution in [0.4, 0.5) is 5.82 Å². The van der Waals surface area contributed by atoms with Crippen LogP contribution in [0.15, 0.2) is 66.9 Å². The van der Waals surface area contributed by atoms with E-state index in [0.717, 1.165) is 25.2 Å². The molecule has 0 fully saturated rings. The van der Waals surface area contributed by atoms with Crippen molar-refractivity contribution in [2.75, 3.05) is 11.9 Å². The Balaban J connectivity index is 1.60. The van der Waals surface area contributed by atoms with E-state index in [2.05, 4.69) is 64.9 Å². The summed E-state index contributed by atoms with van der Waals surface area (Å²) in [5, 5.41) is 5.87. The van der Waals surface area contributed by atoms with Gasteiger partial charge in [-0.25, -0.2) is 4.98 Å². The molecule has 2 aromatic carbocycles. The highest BCUT2D eigenvalue weighted by molar-refractivity contribution is 5.91. The molecule has 0 aliphatic rings. The maximum Gasteiger partial charge on any atom is 0.133 e. The number of nitrogens with zero attached hydrogens (tertiary/aromatic N) is 1. The molecule has 1 N–H and O–H groups in total. The van der Waals surface area contributed by atoms with E-state index in [4.69, 9.17) is 0 Å². The van der Waals surface area contributed by atoms with Crippen molar-refractivity contribution in [1.82, 2.24) is 4.98 Å². The number of aromatic nitrogens is 1. The van der Waals surface area contributed by atoms with E-state index in [1.165, 1.54) is 16.3 Å². The number of aryl methyl sites for hydroxylation is 1. The summed E-state index contributed by atoms with van der Waals surface area (Å²) in [5.74, 6) is 0.983. The second-order valence-electron chi connectivity index (χ2n) is 4.90. The minimum absolute atomic E-state index is 0.940. The van der Waals surface area contributed by atoms with Crippen LogP contribution >= 0.6 is 0 Å². The molecule has 0 amide bonds. The Morgan fingerprint density at radius 2 is 1.65 bits per heavy atom. The lowest BCUT2D eigenvalue weighted by Gasteiger charge is -2.08. The molecule has 3 rings (SSSR count). The molecule has 0 saturated heterocycles. The molecule has 100 valence electrons. The smallest absolute Gasteiger partial charge is 0.133 e. The Bertz CT molecular complexity index is 672. The molecule has 0 aliphatic heterocycles. The van der Waals surface area contributed by atoms with Crippen LogP contribution in [0.3, 0.4) is 0 Å². The number of rotatable bonds is 5. The lowest BCUT2D eigenvalue weighted by molar-refractivity contribution is 0.860. The van der Waals surface area contributed by atoms with Crippen LogP contribution < -0.4 is 5.32 Å². The molecule has 0 radical (unpaired) electrons. The number of fused-ring (bicyclic) bond motifs is 1. The summed E-state index contributed by atoms with van der Waals surface area (Å²) < 4.78 is 0. The minimum Gasteiger partial charge on any atom is -0.370 e. The summed E-state index contributed by atoms with van der Waals surface area (Å²) in [7, 11) is 0. The van der Waals surface area contributed by atoms with Gasteiger partial charge in [0.05, 0.1) is 0 Å². The molecule has 0 unspecified atom stereocenters. The third-order valence-corrected chi connectivity index (χ3v) is 3.45. The highest BCUT2D eigenvalue weighted by Gasteiger charge is 2.00. The number of nitrogens with one attached hydrogen (secondary N) is 1. The first-order valence-corrected chi connectivity index (χ1v) is 7.05. The SMILES string of the molecule is c1ccc(CCCNc2nccc3ccccc23)cc1. The summed E-state index contributed by atoms with van der Waals surface area (Å²) in [6.45, 7) is 0.940. The molecule has 1 aromatic heterocycles. The van der Waals surface area contributed by atoms with Gasteiger partial charge >= 0.3 is 0 Å². The first-order chi connectivity index (χ1) is 9.93. The molecule has 0 saturated carbocycles. The Labute approximate surface area is 119 Å². The maximum atomic E-state index is 4.44. The zero-order chi connectivity index (χ0) is 13.6. The second-order valence-corrected chi connectivity index (χ2v) is 4.90. The summed E-state index contributed by atoms with van der Waals surface area (Å²) >= 11 is 0. The number of benzene rings is 2. The maximum absolute atomic E-state index is 4.44. The third-order valence-electron chi connectivity index (χ3n) is 3.45. The summed E-state index contributed by atoms with van der Waals surface area (Å²) in [5.41, 5.74) is 1.39. The molecule has 2 heteroatoms. The van der Waals surface area contributed by atoms with Gasteiger partial charge in [-0.15, -0.1) is 0 Å². The standard InChI is InChI=1S/C18H18N2/c1-2-7-15(8-3-1)9-6-13-19-18-17-11-5-4-10-16(17)12-14-20-18/h1-5,7-8,10-12,14H,6,9,13H2,(H,19,20). The van der Waals surface area contributed by atoms with Crippen molar-refractivity contribution in [2.45, 2.75) is 12.8 Å². The van der Waals surface area contributed by atoms with Gasteiger partial charge in [0, 0.05) is 18.1 Å². The van der Waals surface area contributed by atoms with Gasteiger partial charge in [0.1, 0.15) is 5.82 Å². The molecule has 0 spiro atoms. The fourth-order valence-corrected chi connectivity index (χ4v) is 2.40. The summed E-state index contributed by atoms with van der Waals surface area (Å²) in [6.07, 6.45) is 4.06. The highest BCUT2D eigenvalue weighted by Crippen LogP contribution is 2.20. The van der Waals surface area contributed by atoms with Crippen LogP contribution in [0.5, 0.6) is 0 Å². The van der Waals surface area contributed by atoms with Crippen LogP contribution in [0.25, 0.3) is 10.8 Å². The highest BCUT2D eigenvalue weighted by atomic mass is 15.0. The van der Waals surface area contributed by atoms with E-state index in [1.54, 1.807) is 0 Å². The van der Waals surface area contributed by atoms with E-state index >= 15 is 0 Å². The van der Waals surface area contributed by atoms with Gasteiger partial charge in [0.2, 0.25) is 0 Å². The zero-order valence-corrected chi connectivity index (χ0v) is 11.4. The normalized spacial score (nSPS) is 10.6. The number of hydrogen-bond acceptors (Lipinski definition) is 2. The van der Waals surface area contributed by atoms with Gasteiger partial charge in [-0.3, -0.25) is 0 Å². The number of anilines is 1. The lowest BCUT2D eigenvalue weighted by Crippen LogP contribution is -2.04. The lowest BCUT2D eigenvalue weighted by atomic mass is 10.1. The monoisotopic (exact) mass is 262 g/mol. The van der Waals surface area contributed by atoms with Gasteiger partial charge in [-0.1, -0.05) is 54.6 Å². The average Bonchev–Trinajstić information content (AvgIpc) is 2.53. The zero-order valence-electron chi connectivity index (χ0n) is 11.4. The van der Waals surface area contributed by atoms with Crippen LogP contribution in [-0.4, -0.2) is 11.5 Å². The van der Waals surface area contributed by atoms with E-state index in [1.807, 2.05) is 12.3 Å². The fraction of sp³-hybridized carbons (Fsp3) is 0.167. The largest absolute Gasteiger partial charge is 0.370 e. The van der Waals surface area contributed by atoms with Crippen molar-refractivity contribution >= 4 is 16.6 Å². The first-order valence-electron chi connectivity index (χ1n) is 7.05. The van der Waals surface area contributed by atoms with Gasteiger partial charge in [0.15, 0.2) is 0 Å². The molecule has 3 aromatic rings. The molecule has 0 atom stereocenters. The van der Waals surface area contributed by atoms with Gasteiger partial charge < -0.3 is 5.32 Å². The van der Waals surface area contributed by atoms with E-state index < -0.39 is 0 Å². The van der Waals surface area contributed by atoms with Crippen LogP contribution in [0.1, 0.15) is 12.0 Å². The van der Waals surface area contributed by atoms with E-state index in [9.17, 15) is 0 Å². The quantitative estimate of drug-likeness (QED) is 0.694. The average molecular weight is 262 g/mol. The molecule has 20 heavy (non-hydrogen) atoms. The molecule has 2 nitrogen and oxygen atoms in total. The summed E-state index contributed by atoms with van der Waals surface area (Å²) in [6, 6.07) is 21.0. The van der Waals surface area contributed by atoms with Crippen molar-refractivity contribution in [2.24, 2.45) is 0 Å². The van der Waals surface area contributed by atoms with E-state index in [-0.39, 0.29) is 0 Å². The van der Waals surface area contributed by atoms with E-state index in [0.29, 0.717) is 0 Å². The van der Waals surface area contributed by atoms with Gasteiger partial charge in [0.25, 0.3) is 0 Å². The Morgan fingerprint density at radius 1 is 0.850 bits per heavy atom. The van der Waals surface area contributed by atoms with Crippen molar-refractivity contribution < 1.29 is 0 Å². The Kier molecular flexibility index (Phi) is 3.93. The fourth-order valence-electron chi connectivity index (χ4n) is 2.40. The number of pyridine rings is 1. The summed E-state index contributed by atoms with van der Waals surface area (Å²) in [4.78, 5) is 4.44. The molecule has 0 aliphatic carbocycles. The van der Waals surface area contributed by atoms with Gasteiger partial charge in [-0.2, -0.15) is 0 Å². The predicted octanol–water partition coefficient (Wildman–Crippen LogP) is 4.28. The molecule has 0 bridgehead atoms. The first kappa shape index (κ1) is 12.7. The van der Waals surface area contributed by atoms with Crippen molar-refractivity contribution in [3.8, 4) is 0 Å². The van der Waals surface area contributed by atoms with Gasteiger partial charge in [-0.05, 0) is 29.9 Å². The Hall–Kier alpha value is -2.35. The second kappa shape index (κ2) is 6.20. The van der Waals surface area contributed by atoms with Crippen molar-refractivity contribution in [3.05, 3.63) is 72.4 Å². The van der Waals surface area contributed by atoms with Crippen molar-refractivity contribution in [3.63, 3.8) is 0 Å². The number of hydrogen-bond donors (Lipinski definition) is 1.